The fraction of sp³-hybridized carbons (Fsp3) is 0.667. The van der Waals surface area contributed by atoms with Crippen LogP contribution >= 0.6 is 0 Å². The molecule has 1 heterocycles. The van der Waals surface area contributed by atoms with Crippen LogP contribution in [0.3, 0.4) is 0 Å². The molecule has 0 radical (unpaired) electrons. The van der Waals surface area contributed by atoms with Gasteiger partial charge in [0, 0.05) is 12.8 Å². The van der Waals surface area contributed by atoms with E-state index >= 15 is 0 Å². The minimum atomic E-state index is -0.319. The van der Waals surface area contributed by atoms with Gasteiger partial charge in [-0.15, -0.1) is 0 Å². The Hall–Kier alpha value is -1.16. The first-order valence-electron chi connectivity index (χ1n) is 5.49. The Labute approximate surface area is 95.6 Å². The molecular weight excluding hydrogens is 208 g/mol. The third kappa shape index (κ3) is 3.77. The minimum absolute atomic E-state index is 0.0212. The molecule has 1 rings (SSSR count). The second-order valence-corrected chi connectivity index (χ2v) is 4.19. The van der Waals surface area contributed by atoms with E-state index in [1.807, 2.05) is 26.0 Å². The van der Waals surface area contributed by atoms with Crippen molar-refractivity contribution in [3.63, 3.8) is 0 Å². The molecule has 1 aliphatic heterocycles. The van der Waals surface area contributed by atoms with Gasteiger partial charge in [0.2, 0.25) is 0 Å². The van der Waals surface area contributed by atoms with Crippen molar-refractivity contribution in [3.8, 4) is 0 Å². The predicted octanol–water partition coefficient (Wildman–Crippen LogP) is 1.49. The molecule has 4 atom stereocenters. The van der Waals surface area contributed by atoms with E-state index in [1.165, 1.54) is 6.92 Å². The Morgan fingerprint density at radius 1 is 1.56 bits per heavy atom. The Bertz CT molecular complexity index is 285. The summed E-state index contributed by atoms with van der Waals surface area (Å²) in [5, 5.41) is 0. The van der Waals surface area contributed by atoms with Crippen molar-refractivity contribution < 1.29 is 19.1 Å². The lowest BCUT2D eigenvalue weighted by Crippen LogP contribution is -2.36. The fourth-order valence-corrected chi connectivity index (χ4v) is 1.67. The van der Waals surface area contributed by atoms with Crippen molar-refractivity contribution in [1.82, 2.24) is 0 Å². The Balaban J connectivity index is 2.52. The number of hydrogen-bond acceptors (Lipinski definition) is 4. The number of esters is 1. The maximum absolute atomic E-state index is 10.8. The highest BCUT2D eigenvalue weighted by Crippen LogP contribution is 2.20. The number of ether oxygens (including phenoxy) is 2. The summed E-state index contributed by atoms with van der Waals surface area (Å²) >= 11 is 0. The van der Waals surface area contributed by atoms with Crippen LogP contribution in [-0.2, 0) is 19.1 Å². The SMILES string of the molecule is CC(=O)O[C@@H]1C=C[C@H](CC(C)C=O)O[C@H]1C. The lowest BCUT2D eigenvalue weighted by atomic mass is 10.0. The van der Waals surface area contributed by atoms with Crippen molar-refractivity contribution in [2.24, 2.45) is 5.92 Å². The molecule has 0 saturated heterocycles. The Kier molecular flexibility index (Phi) is 4.68. The Morgan fingerprint density at radius 2 is 2.25 bits per heavy atom. The summed E-state index contributed by atoms with van der Waals surface area (Å²) in [5.74, 6) is -0.336. The molecule has 0 aromatic rings. The average molecular weight is 226 g/mol. The van der Waals surface area contributed by atoms with Crippen LogP contribution < -0.4 is 0 Å². The number of carbonyl (C=O) groups is 2. The first-order valence-corrected chi connectivity index (χ1v) is 5.49. The lowest BCUT2D eigenvalue weighted by molar-refractivity contribution is -0.153. The van der Waals surface area contributed by atoms with Crippen molar-refractivity contribution in [1.29, 1.82) is 0 Å². The molecule has 0 N–H and O–H groups in total. The van der Waals surface area contributed by atoms with E-state index in [0.717, 1.165) is 6.29 Å². The van der Waals surface area contributed by atoms with Crippen LogP contribution in [0.25, 0.3) is 0 Å². The van der Waals surface area contributed by atoms with Gasteiger partial charge in [0.1, 0.15) is 12.4 Å². The molecule has 0 spiro atoms. The molecule has 90 valence electrons. The van der Waals surface area contributed by atoms with Crippen molar-refractivity contribution in [2.45, 2.75) is 45.5 Å². The van der Waals surface area contributed by atoms with E-state index in [2.05, 4.69) is 0 Å². The molecule has 4 nitrogen and oxygen atoms in total. The lowest BCUT2D eigenvalue weighted by Gasteiger charge is -2.30. The third-order valence-electron chi connectivity index (χ3n) is 2.51. The van der Waals surface area contributed by atoms with E-state index in [-0.39, 0.29) is 30.2 Å². The smallest absolute Gasteiger partial charge is 0.303 e. The van der Waals surface area contributed by atoms with Gasteiger partial charge in [-0.2, -0.15) is 0 Å². The van der Waals surface area contributed by atoms with Crippen molar-refractivity contribution >= 4 is 12.3 Å². The molecule has 0 saturated carbocycles. The van der Waals surface area contributed by atoms with Crippen LogP contribution in [0, 0.1) is 5.92 Å². The molecule has 0 fully saturated rings. The zero-order chi connectivity index (χ0) is 12.1. The highest BCUT2D eigenvalue weighted by Gasteiger charge is 2.26. The van der Waals surface area contributed by atoms with Gasteiger partial charge in [0.25, 0.3) is 0 Å². The van der Waals surface area contributed by atoms with Crippen LogP contribution in [0.4, 0.5) is 0 Å². The molecule has 0 amide bonds. The van der Waals surface area contributed by atoms with Gasteiger partial charge in [-0.3, -0.25) is 4.79 Å². The minimum Gasteiger partial charge on any atom is -0.456 e. The number of rotatable bonds is 4. The molecule has 0 aromatic carbocycles. The first kappa shape index (κ1) is 12.9. The largest absolute Gasteiger partial charge is 0.456 e. The van der Waals surface area contributed by atoms with Crippen molar-refractivity contribution in [2.75, 3.05) is 0 Å². The van der Waals surface area contributed by atoms with Gasteiger partial charge < -0.3 is 14.3 Å². The van der Waals surface area contributed by atoms with E-state index in [1.54, 1.807) is 0 Å². The molecule has 1 aliphatic rings. The standard InChI is InChI=1S/C12H18O4/c1-8(7-13)6-11-4-5-12(9(2)15-11)16-10(3)14/h4-5,7-9,11-12H,6H2,1-3H3/t8?,9-,11+,12+/m0/s1. The predicted molar refractivity (Wildman–Crippen MR) is 58.9 cm³/mol. The normalized spacial score (nSPS) is 30.8. The zero-order valence-electron chi connectivity index (χ0n) is 9.88. The number of carbonyl (C=O) groups excluding carboxylic acids is 2. The third-order valence-corrected chi connectivity index (χ3v) is 2.51. The second-order valence-electron chi connectivity index (χ2n) is 4.19. The summed E-state index contributed by atoms with van der Waals surface area (Å²) in [7, 11) is 0. The summed E-state index contributed by atoms with van der Waals surface area (Å²) in [6.45, 7) is 5.09. The summed E-state index contributed by atoms with van der Waals surface area (Å²) in [6, 6.07) is 0. The molecule has 4 heteroatoms. The van der Waals surface area contributed by atoms with Gasteiger partial charge in [-0.25, -0.2) is 0 Å². The molecule has 0 bridgehead atoms. The summed E-state index contributed by atoms with van der Waals surface area (Å²) in [4.78, 5) is 21.3. The quantitative estimate of drug-likeness (QED) is 0.414. The highest BCUT2D eigenvalue weighted by molar-refractivity contribution is 5.66. The molecule has 0 aliphatic carbocycles. The maximum atomic E-state index is 10.8. The van der Waals surface area contributed by atoms with E-state index in [0.29, 0.717) is 6.42 Å². The molecule has 16 heavy (non-hydrogen) atoms. The number of hydrogen-bond donors (Lipinski definition) is 0. The molecule has 1 unspecified atom stereocenters. The molecular formula is C12H18O4. The van der Waals surface area contributed by atoms with E-state index in [9.17, 15) is 9.59 Å². The first-order chi connectivity index (χ1) is 7.52. The van der Waals surface area contributed by atoms with E-state index in [4.69, 9.17) is 9.47 Å². The van der Waals surface area contributed by atoms with Gasteiger partial charge in [0.15, 0.2) is 0 Å². The van der Waals surface area contributed by atoms with Gasteiger partial charge in [0.05, 0.1) is 12.2 Å². The Morgan fingerprint density at radius 3 is 2.75 bits per heavy atom. The van der Waals surface area contributed by atoms with Gasteiger partial charge in [-0.1, -0.05) is 13.0 Å². The second kappa shape index (κ2) is 5.80. The van der Waals surface area contributed by atoms with Gasteiger partial charge >= 0.3 is 5.97 Å². The van der Waals surface area contributed by atoms with Gasteiger partial charge in [-0.05, 0) is 19.4 Å². The highest BCUT2D eigenvalue weighted by atomic mass is 16.6. The fourth-order valence-electron chi connectivity index (χ4n) is 1.67. The monoisotopic (exact) mass is 226 g/mol. The van der Waals surface area contributed by atoms with Crippen molar-refractivity contribution in [3.05, 3.63) is 12.2 Å². The van der Waals surface area contributed by atoms with Crippen LogP contribution in [0.15, 0.2) is 12.2 Å². The zero-order valence-corrected chi connectivity index (χ0v) is 9.88. The average Bonchev–Trinajstić information content (AvgIpc) is 2.21. The van der Waals surface area contributed by atoms with Crippen LogP contribution in [0.2, 0.25) is 0 Å². The number of aldehydes is 1. The van der Waals surface area contributed by atoms with Crippen LogP contribution in [-0.4, -0.2) is 30.6 Å². The van der Waals surface area contributed by atoms with E-state index < -0.39 is 0 Å². The summed E-state index contributed by atoms with van der Waals surface area (Å²) < 4.78 is 10.7. The summed E-state index contributed by atoms with van der Waals surface area (Å²) in [5.41, 5.74) is 0. The maximum Gasteiger partial charge on any atom is 0.303 e. The topological polar surface area (TPSA) is 52.6 Å². The van der Waals surface area contributed by atoms with Crippen LogP contribution in [0.5, 0.6) is 0 Å². The molecule has 0 aromatic heterocycles. The summed E-state index contributed by atoms with van der Waals surface area (Å²) in [6.07, 6.45) is 4.71. The van der Waals surface area contributed by atoms with Crippen LogP contribution in [0.1, 0.15) is 27.2 Å².